The molecule has 3 rings (SSSR count). The summed E-state index contributed by atoms with van der Waals surface area (Å²) in [5.74, 6) is 0. The Morgan fingerprint density at radius 3 is 1.67 bits per heavy atom. The van der Waals surface area contributed by atoms with Crippen LogP contribution >= 0.6 is 0 Å². The molecule has 0 heteroatoms. The molecule has 0 saturated heterocycles. The Morgan fingerprint density at radius 1 is 0.778 bits per heavy atom. The van der Waals surface area contributed by atoms with Crippen molar-refractivity contribution in [3.63, 3.8) is 0 Å². The van der Waals surface area contributed by atoms with Gasteiger partial charge in [-0.05, 0) is 28.7 Å². The second kappa shape index (κ2) is 0.971. The normalized spacial score (nSPS) is 25.8. The first kappa shape index (κ1) is 3.89. The Balaban J connectivity index is 2.49. The lowest BCUT2D eigenvalue weighted by molar-refractivity contribution is 1.22. The van der Waals surface area contributed by atoms with Crippen LogP contribution in [-0.2, 0) is 0 Å². The fraction of sp³-hybridized carbons (Fsp3) is 0.111. The predicted molar refractivity (Wildman–Crippen MR) is 36.9 cm³/mol. The topological polar surface area (TPSA) is 0 Å². The van der Waals surface area contributed by atoms with Crippen molar-refractivity contribution in [1.29, 1.82) is 0 Å². The van der Waals surface area contributed by atoms with Crippen molar-refractivity contribution in [1.82, 2.24) is 0 Å². The van der Waals surface area contributed by atoms with Gasteiger partial charge in [0.15, 0.2) is 0 Å². The first-order chi connectivity index (χ1) is 4.45. The van der Waals surface area contributed by atoms with Crippen LogP contribution in [0.2, 0.25) is 0 Å². The summed E-state index contributed by atoms with van der Waals surface area (Å²) in [5, 5.41) is 0. The van der Waals surface area contributed by atoms with E-state index in [4.69, 9.17) is 0 Å². The summed E-state index contributed by atoms with van der Waals surface area (Å²) in [4.78, 5) is 0. The third-order valence-corrected chi connectivity index (χ3v) is 2.27. The molecular weight excluding hydrogens is 108 g/mol. The molecule has 0 heterocycles. The van der Waals surface area contributed by atoms with Crippen LogP contribution in [0.1, 0.15) is 6.42 Å². The van der Waals surface area contributed by atoms with Crippen molar-refractivity contribution in [2.75, 3.05) is 0 Å². The van der Waals surface area contributed by atoms with Gasteiger partial charge >= 0.3 is 0 Å². The SMILES string of the molecule is C1=CC2=C3C=CC2=C1C3. The van der Waals surface area contributed by atoms with Gasteiger partial charge in [-0.2, -0.15) is 0 Å². The van der Waals surface area contributed by atoms with E-state index in [2.05, 4.69) is 24.3 Å². The average molecular weight is 114 g/mol. The summed E-state index contributed by atoms with van der Waals surface area (Å²) in [6.45, 7) is 0. The van der Waals surface area contributed by atoms with Gasteiger partial charge in [0, 0.05) is 0 Å². The van der Waals surface area contributed by atoms with E-state index in [-0.39, 0.29) is 0 Å². The molecule has 0 fully saturated rings. The molecule has 0 N–H and O–H groups in total. The van der Waals surface area contributed by atoms with Gasteiger partial charge in [-0.15, -0.1) is 0 Å². The largest absolute Gasteiger partial charge is 0.0575 e. The summed E-state index contributed by atoms with van der Waals surface area (Å²) in [6, 6.07) is 0. The fourth-order valence-electron chi connectivity index (χ4n) is 1.80. The summed E-state index contributed by atoms with van der Waals surface area (Å²) in [7, 11) is 0. The number of rotatable bonds is 0. The highest BCUT2D eigenvalue weighted by atomic mass is 14.3. The van der Waals surface area contributed by atoms with Gasteiger partial charge in [0.25, 0.3) is 0 Å². The molecule has 0 nitrogen and oxygen atoms in total. The van der Waals surface area contributed by atoms with Crippen molar-refractivity contribution in [3.05, 3.63) is 46.6 Å². The monoisotopic (exact) mass is 114 g/mol. The second-order valence-corrected chi connectivity index (χ2v) is 2.72. The highest BCUT2D eigenvalue weighted by Gasteiger charge is 2.26. The maximum atomic E-state index is 2.23. The molecule has 0 saturated carbocycles. The first-order valence-corrected chi connectivity index (χ1v) is 3.28. The Kier molecular flexibility index (Phi) is 0.419. The zero-order valence-electron chi connectivity index (χ0n) is 5.02. The van der Waals surface area contributed by atoms with Crippen molar-refractivity contribution in [2.24, 2.45) is 0 Å². The quantitative estimate of drug-likeness (QED) is 0.452. The van der Waals surface area contributed by atoms with E-state index in [0.717, 1.165) is 0 Å². The van der Waals surface area contributed by atoms with Gasteiger partial charge in [0.1, 0.15) is 0 Å². The predicted octanol–water partition coefficient (Wildman–Crippen LogP) is 2.12. The summed E-state index contributed by atoms with van der Waals surface area (Å²) in [6.07, 6.45) is 10.1. The molecule has 0 atom stereocenters. The Morgan fingerprint density at radius 2 is 1.33 bits per heavy atom. The van der Waals surface area contributed by atoms with Crippen molar-refractivity contribution in [2.45, 2.75) is 6.42 Å². The lowest BCUT2D eigenvalue weighted by Gasteiger charge is -1.99. The Labute approximate surface area is 53.9 Å². The summed E-state index contributed by atoms with van der Waals surface area (Å²) >= 11 is 0. The van der Waals surface area contributed by atoms with Crippen LogP contribution in [0.15, 0.2) is 46.6 Å². The third kappa shape index (κ3) is 0.275. The summed E-state index contributed by atoms with van der Waals surface area (Å²) in [5.41, 5.74) is 6.04. The molecule has 0 aromatic carbocycles. The van der Waals surface area contributed by atoms with Crippen LogP contribution in [0.3, 0.4) is 0 Å². The zero-order chi connectivity index (χ0) is 5.84. The lowest BCUT2D eigenvalue weighted by Crippen LogP contribution is -1.81. The maximum Gasteiger partial charge on any atom is -0.00134 e. The molecule has 0 aromatic heterocycles. The van der Waals surface area contributed by atoms with Gasteiger partial charge in [0.2, 0.25) is 0 Å². The minimum atomic E-state index is 1.21. The molecule has 42 valence electrons. The molecule has 0 unspecified atom stereocenters. The van der Waals surface area contributed by atoms with Crippen LogP contribution in [0.5, 0.6) is 0 Å². The van der Waals surface area contributed by atoms with Crippen molar-refractivity contribution >= 4 is 0 Å². The van der Waals surface area contributed by atoms with E-state index in [0.29, 0.717) is 0 Å². The Bertz CT molecular complexity index is 277. The van der Waals surface area contributed by atoms with Crippen LogP contribution < -0.4 is 0 Å². The molecule has 0 spiro atoms. The van der Waals surface area contributed by atoms with E-state index in [1.807, 2.05) is 0 Å². The molecule has 0 aliphatic heterocycles. The van der Waals surface area contributed by atoms with E-state index in [1.54, 1.807) is 0 Å². The molecular formula is C9H6. The van der Waals surface area contributed by atoms with Gasteiger partial charge in [0.05, 0.1) is 0 Å². The van der Waals surface area contributed by atoms with Gasteiger partial charge < -0.3 is 0 Å². The zero-order valence-corrected chi connectivity index (χ0v) is 5.02. The van der Waals surface area contributed by atoms with E-state index >= 15 is 0 Å². The number of allylic oxidation sites excluding steroid dienone is 8. The van der Waals surface area contributed by atoms with E-state index in [1.165, 1.54) is 28.7 Å². The summed E-state index contributed by atoms with van der Waals surface area (Å²) < 4.78 is 0. The van der Waals surface area contributed by atoms with Crippen LogP contribution in [0.4, 0.5) is 0 Å². The standard InChI is InChI=1S/C9H6/c1-3-8-7-2-4-9(8)6(1)5-7/h1-4H,5H2. The van der Waals surface area contributed by atoms with E-state index < -0.39 is 0 Å². The third-order valence-electron chi connectivity index (χ3n) is 2.27. The lowest BCUT2D eigenvalue weighted by atomic mass is 10.1. The van der Waals surface area contributed by atoms with Crippen LogP contribution in [0.25, 0.3) is 0 Å². The van der Waals surface area contributed by atoms with Crippen molar-refractivity contribution < 1.29 is 0 Å². The van der Waals surface area contributed by atoms with Crippen LogP contribution in [0, 0.1) is 0 Å². The molecule has 0 aromatic rings. The minimum absolute atomic E-state index is 1.21. The van der Waals surface area contributed by atoms with Gasteiger partial charge in [-0.25, -0.2) is 0 Å². The Hall–Kier alpha value is -1.04. The van der Waals surface area contributed by atoms with E-state index in [9.17, 15) is 0 Å². The van der Waals surface area contributed by atoms with Gasteiger partial charge in [-0.3, -0.25) is 0 Å². The molecule has 3 aliphatic carbocycles. The second-order valence-electron chi connectivity index (χ2n) is 2.72. The molecule has 0 amide bonds. The molecule has 3 aliphatic rings. The molecule has 0 radical (unpaired) electrons. The number of hydrogen-bond acceptors (Lipinski definition) is 0. The number of hydrogen-bond donors (Lipinski definition) is 0. The molecule has 4 bridgehead atoms. The minimum Gasteiger partial charge on any atom is -0.0575 e. The molecule has 9 heavy (non-hydrogen) atoms. The van der Waals surface area contributed by atoms with Crippen molar-refractivity contribution in [3.8, 4) is 0 Å². The first-order valence-electron chi connectivity index (χ1n) is 3.28. The van der Waals surface area contributed by atoms with Gasteiger partial charge in [-0.1, -0.05) is 24.3 Å². The van der Waals surface area contributed by atoms with Crippen LogP contribution in [-0.4, -0.2) is 0 Å². The highest BCUT2D eigenvalue weighted by molar-refractivity contribution is 5.72. The average Bonchev–Trinajstić information content (AvgIpc) is 2.50. The smallest absolute Gasteiger partial charge is 0.00134 e. The fourth-order valence-corrected chi connectivity index (χ4v) is 1.80. The maximum absolute atomic E-state index is 2.23. The highest BCUT2D eigenvalue weighted by Crippen LogP contribution is 2.44.